The van der Waals surface area contributed by atoms with Crippen molar-refractivity contribution in [2.45, 2.75) is 95.9 Å². The Morgan fingerprint density at radius 2 is 1.83 bits per heavy atom. The van der Waals surface area contributed by atoms with Crippen LogP contribution >= 0.6 is 0 Å². The first-order valence-corrected chi connectivity index (χ1v) is 10.2. The molecule has 1 spiro atoms. The Labute approximate surface area is 172 Å². The first kappa shape index (κ1) is 22.4. The van der Waals surface area contributed by atoms with E-state index in [2.05, 4.69) is 6.58 Å². The summed E-state index contributed by atoms with van der Waals surface area (Å²) in [5.74, 6) is -1.74. The van der Waals surface area contributed by atoms with Crippen LogP contribution in [0.4, 0.5) is 0 Å². The third-order valence-corrected chi connectivity index (χ3v) is 7.93. The Morgan fingerprint density at radius 1 is 1.24 bits per heavy atom. The van der Waals surface area contributed by atoms with Crippen LogP contribution in [0.15, 0.2) is 12.7 Å². The summed E-state index contributed by atoms with van der Waals surface area (Å²) in [4.78, 5) is 25.5. The molecule has 164 valence electrons. The van der Waals surface area contributed by atoms with Crippen molar-refractivity contribution in [3.8, 4) is 0 Å². The number of Topliss-reactive ketones (excluding diaryl/α,β-unsaturated/α-hetero) is 1. The molecule has 29 heavy (non-hydrogen) atoms. The van der Waals surface area contributed by atoms with Gasteiger partial charge in [-0.3, -0.25) is 9.59 Å². The summed E-state index contributed by atoms with van der Waals surface area (Å²) in [7, 11) is 0. The quantitative estimate of drug-likeness (QED) is 0.467. The summed E-state index contributed by atoms with van der Waals surface area (Å²) in [6.07, 6.45) is -1.21. The zero-order valence-corrected chi connectivity index (χ0v) is 18.2. The Kier molecular flexibility index (Phi) is 4.91. The Bertz CT molecular complexity index is 743. The Morgan fingerprint density at radius 3 is 2.31 bits per heavy atom. The van der Waals surface area contributed by atoms with Crippen molar-refractivity contribution in [3.05, 3.63) is 12.7 Å². The van der Waals surface area contributed by atoms with Crippen LogP contribution in [0.3, 0.4) is 0 Å². The molecule has 0 aromatic carbocycles. The van der Waals surface area contributed by atoms with Gasteiger partial charge in [-0.1, -0.05) is 26.8 Å². The number of hydrogen-bond donors (Lipinski definition) is 3. The molecule has 1 saturated heterocycles. The van der Waals surface area contributed by atoms with Gasteiger partial charge >= 0.3 is 5.97 Å². The van der Waals surface area contributed by atoms with Crippen molar-refractivity contribution in [2.24, 2.45) is 16.7 Å². The van der Waals surface area contributed by atoms with Gasteiger partial charge in [-0.25, -0.2) is 0 Å². The minimum Gasteiger partial charge on any atom is -0.457 e. The smallest absolute Gasteiger partial charge is 0.303 e. The van der Waals surface area contributed by atoms with E-state index in [-0.39, 0.29) is 6.42 Å². The highest BCUT2D eigenvalue weighted by Gasteiger charge is 2.82. The van der Waals surface area contributed by atoms with Gasteiger partial charge in [0, 0.05) is 24.7 Å². The zero-order valence-electron chi connectivity index (χ0n) is 18.2. The molecule has 3 rings (SSSR count). The van der Waals surface area contributed by atoms with Crippen molar-refractivity contribution in [1.29, 1.82) is 0 Å². The maximum atomic E-state index is 13.6. The third kappa shape index (κ3) is 2.63. The lowest BCUT2D eigenvalue weighted by molar-refractivity contribution is -0.350. The first-order chi connectivity index (χ1) is 13.1. The van der Waals surface area contributed by atoms with E-state index in [4.69, 9.17) is 9.47 Å². The highest BCUT2D eigenvalue weighted by molar-refractivity contribution is 5.94. The number of aliphatic hydroxyl groups is 3. The molecule has 7 heteroatoms. The van der Waals surface area contributed by atoms with Crippen LogP contribution in [0, 0.1) is 16.7 Å². The highest BCUT2D eigenvalue weighted by atomic mass is 16.6. The van der Waals surface area contributed by atoms with Gasteiger partial charge in [0.05, 0.1) is 17.8 Å². The normalized spacial score (nSPS) is 51.6. The van der Waals surface area contributed by atoms with Crippen molar-refractivity contribution >= 4 is 11.8 Å². The van der Waals surface area contributed by atoms with Gasteiger partial charge in [-0.05, 0) is 32.1 Å². The first-order valence-electron chi connectivity index (χ1n) is 10.2. The molecule has 0 aromatic rings. The molecule has 3 fully saturated rings. The minimum atomic E-state index is -2.07. The highest BCUT2D eigenvalue weighted by Crippen LogP contribution is 2.68. The fourth-order valence-electron chi connectivity index (χ4n) is 6.67. The summed E-state index contributed by atoms with van der Waals surface area (Å²) in [5, 5.41) is 34.3. The van der Waals surface area contributed by atoms with E-state index in [1.807, 2.05) is 13.8 Å². The molecule has 0 bridgehead atoms. The van der Waals surface area contributed by atoms with E-state index < -0.39 is 63.6 Å². The fourth-order valence-corrected chi connectivity index (χ4v) is 6.67. The third-order valence-electron chi connectivity index (χ3n) is 7.93. The summed E-state index contributed by atoms with van der Waals surface area (Å²) < 4.78 is 11.8. The maximum Gasteiger partial charge on any atom is 0.303 e. The average Bonchev–Trinajstić information content (AvgIpc) is 2.88. The second-order valence-corrected chi connectivity index (χ2v) is 10.4. The molecule has 0 unspecified atom stereocenters. The maximum absolute atomic E-state index is 13.6. The van der Waals surface area contributed by atoms with Gasteiger partial charge in [0.25, 0.3) is 0 Å². The number of carbonyl (C=O) groups is 2. The van der Waals surface area contributed by atoms with E-state index in [1.165, 1.54) is 19.9 Å². The SMILES string of the molecule is C=C[C@]1(C)CC(=O)[C@]2(O1)[C@@]1(C)[C@@H](O)CCC(C)(C)[C@@H]1[C@H](O)[C@H](OC(C)=O)[C@@]2(C)O. The summed E-state index contributed by atoms with van der Waals surface area (Å²) in [5.41, 5.74) is -6.84. The largest absolute Gasteiger partial charge is 0.457 e. The predicted molar refractivity (Wildman–Crippen MR) is 105 cm³/mol. The topological polar surface area (TPSA) is 113 Å². The number of esters is 1. The molecule has 0 radical (unpaired) electrons. The lowest BCUT2D eigenvalue weighted by Gasteiger charge is -2.68. The van der Waals surface area contributed by atoms with E-state index in [1.54, 1.807) is 13.8 Å². The van der Waals surface area contributed by atoms with E-state index in [0.29, 0.717) is 12.8 Å². The van der Waals surface area contributed by atoms with E-state index in [9.17, 15) is 24.9 Å². The van der Waals surface area contributed by atoms with Gasteiger partial charge < -0.3 is 24.8 Å². The summed E-state index contributed by atoms with van der Waals surface area (Å²) in [6, 6.07) is 0. The number of fused-ring (bicyclic) bond motifs is 2. The molecule has 2 saturated carbocycles. The van der Waals surface area contributed by atoms with Crippen LogP contribution in [0.5, 0.6) is 0 Å². The molecule has 8 atom stereocenters. The molecule has 3 aliphatic rings. The molecule has 0 amide bonds. The Hall–Kier alpha value is -1.28. The van der Waals surface area contributed by atoms with Crippen molar-refractivity contribution < 1.29 is 34.4 Å². The lowest BCUT2D eigenvalue weighted by Crippen LogP contribution is -2.83. The number of carbonyl (C=O) groups excluding carboxylic acids is 2. The number of rotatable bonds is 2. The fraction of sp³-hybridized carbons (Fsp3) is 0.818. The van der Waals surface area contributed by atoms with Gasteiger partial charge in [-0.2, -0.15) is 0 Å². The molecule has 1 aliphatic heterocycles. The van der Waals surface area contributed by atoms with Gasteiger partial charge in [0.2, 0.25) is 0 Å². The average molecular weight is 411 g/mol. The molecule has 3 N–H and O–H groups in total. The molecular formula is C22H34O7. The second-order valence-electron chi connectivity index (χ2n) is 10.4. The van der Waals surface area contributed by atoms with Crippen LogP contribution < -0.4 is 0 Å². The minimum absolute atomic E-state index is 0.0367. The van der Waals surface area contributed by atoms with E-state index >= 15 is 0 Å². The van der Waals surface area contributed by atoms with Crippen LogP contribution in [0.2, 0.25) is 0 Å². The zero-order chi connectivity index (χ0) is 22.2. The second kappa shape index (κ2) is 6.36. The van der Waals surface area contributed by atoms with Crippen molar-refractivity contribution in [1.82, 2.24) is 0 Å². The number of aliphatic hydroxyl groups excluding tert-OH is 2. The number of hydrogen-bond acceptors (Lipinski definition) is 7. The van der Waals surface area contributed by atoms with Gasteiger partial charge in [0.15, 0.2) is 17.5 Å². The Balaban J connectivity index is 2.35. The van der Waals surface area contributed by atoms with Crippen LogP contribution in [-0.2, 0) is 19.1 Å². The molecule has 7 nitrogen and oxygen atoms in total. The van der Waals surface area contributed by atoms with E-state index in [0.717, 1.165) is 0 Å². The van der Waals surface area contributed by atoms with Crippen LogP contribution in [0.25, 0.3) is 0 Å². The number of ether oxygens (including phenoxy) is 2. The van der Waals surface area contributed by atoms with Crippen molar-refractivity contribution in [3.63, 3.8) is 0 Å². The molecule has 1 heterocycles. The molecule has 0 aromatic heterocycles. The molecular weight excluding hydrogens is 376 g/mol. The summed E-state index contributed by atoms with van der Waals surface area (Å²) in [6.45, 7) is 13.6. The molecule has 2 aliphatic carbocycles. The van der Waals surface area contributed by atoms with Crippen LogP contribution in [0.1, 0.15) is 60.8 Å². The lowest BCUT2D eigenvalue weighted by atomic mass is 9.40. The predicted octanol–water partition coefficient (Wildman–Crippen LogP) is 1.52. The van der Waals surface area contributed by atoms with Gasteiger partial charge in [-0.15, -0.1) is 6.58 Å². The standard InChI is InChI=1S/C22H34O7/c1-8-19(5)11-14(25)22(29-19)20(6)13(24)9-10-18(3,4)16(20)15(26)17(21(22,7)27)28-12(2)23/h8,13,15-17,24,26-27H,1,9-11H2,2-7H3/t13-,15-,16-,17-,19+,20-,21+,22-/m0/s1. The monoisotopic (exact) mass is 410 g/mol. The number of ketones is 1. The van der Waals surface area contributed by atoms with Gasteiger partial charge in [0.1, 0.15) is 5.60 Å². The summed E-state index contributed by atoms with van der Waals surface area (Å²) >= 11 is 0. The van der Waals surface area contributed by atoms with Crippen molar-refractivity contribution in [2.75, 3.05) is 0 Å². The van der Waals surface area contributed by atoms with Crippen LogP contribution in [-0.4, -0.2) is 62.2 Å².